The van der Waals surface area contributed by atoms with Gasteiger partial charge in [-0.15, -0.1) is 6.42 Å². The second-order valence-electron chi connectivity index (χ2n) is 3.39. The summed E-state index contributed by atoms with van der Waals surface area (Å²) in [7, 11) is 0. The number of rotatable bonds is 1. The molecule has 0 aliphatic rings. The summed E-state index contributed by atoms with van der Waals surface area (Å²) >= 11 is 0. The van der Waals surface area contributed by atoms with Crippen molar-refractivity contribution in [1.29, 1.82) is 0 Å². The van der Waals surface area contributed by atoms with Gasteiger partial charge in [-0.05, 0) is 12.1 Å². The van der Waals surface area contributed by atoms with Crippen LogP contribution in [0.2, 0.25) is 0 Å². The summed E-state index contributed by atoms with van der Waals surface area (Å²) in [6, 6.07) is 11.1. The van der Waals surface area contributed by atoms with Crippen molar-refractivity contribution >= 4 is 16.7 Å². The van der Waals surface area contributed by atoms with Gasteiger partial charge in [-0.3, -0.25) is 4.79 Å². The summed E-state index contributed by atoms with van der Waals surface area (Å²) in [6.07, 6.45) is 5.41. The Morgan fingerprint density at radius 1 is 1.19 bits per heavy atom. The minimum absolute atomic E-state index is 0.335. The van der Waals surface area contributed by atoms with E-state index in [0.29, 0.717) is 5.75 Å². The Balaban J connectivity index is 2.70. The third-order valence-electron chi connectivity index (χ3n) is 2.29. The van der Waals surface area contributed by atoms with Crippen LogP contribution in [0.3, 0.4) is 0 Å². The van der Waals surface area contributed by atoms with Gasteiger partial charge < -0.3 is 4.74 Å². The van der Waals surface area contributed by atoms with Crippen LogP contribution in [0.1, 0.15) is 12.5 Å². The molecule has 0 atom stereocenters. The molecule has 0 saturated heterocycles. The zero-order valence-electron chi connectivity index (χ0n) is 8.86. The van der Waals surface area contributed by atoms with Crippen molar-refractivity contribution in [2.24, 2.45) is 0 Å². The first-order chi connectivity index (χ1) is 7.72. The highest BCUT2D eigenvalue weighted by Crippen LogP contribution is 2.27. The standard InChI is InChI=1S/C14H10O2/c1-3-11-6-4-8-13-12(11)7-5-9-14(13)16-10(2)15/h1,4-9H,2H3. The lowest BCUT2D eigenvalue weighted by molar-refractivity contribution is -0.131. The topological polar surface area (TPSA) is 26.3 Å². The molecule has 0 spiro atoms. The van der Waals surface area contributed by atoms with Crippen molar-refractivity contribution in [1.82, 2.24) is 0 Å². The molecule has 0 heterocycles. The SMILES string of the molecule is C#Cc1cccc2c(OC(C)=O)cccc12. The predicted molar refractivity (Wildman–Crippen MR) is 63.2 cm³/mol. The highest BCUT2D eigenvalue weighted by Gasteiger charge is 2.05. The van der Waals surface area contributed by atoms with Crippen molar-refractivity contribution in [3.8, 4) is 18.1 Å². The normalized spacial score (nSPS) is 9.75. The Morgan fingerprint density at radius 3 is 2.56 bits per heavy atom. The predicted octanol–water partition coefficient (Wildman–Crippen LogP) is 2.75. The number of terminal acetylenes is 1. The van der Waals surface area contributed by atoms with Crippen molar-refractivity contribution in [3.05, 3.63) is 42.0 Å². The number of carbonyl (C=O) groups excluding carboxylic acids is 1. The van der Waals surface area contributed by atoms with E-state index in [1.54, 1.807) is 6.07 Å². The maximum absolute atomic E-state index is 10.9. The number of benzene rings is 2. The van der Waals surface area contributed by atoms with Crippen LogP contribution in [-0.4, -0.2) is 5.97 Å². The first-order valence-electron chi connectivity index (χ1n) is 4.89. The molecule has 0 N–H and O–H groups in total. The number of fused-ring (bicyclic) bond motifs is 1. The van der Waals surface area contributed by atoms with Gasteiger partial charge in [0.2, 0.25) is 0 Å². The minimum Gasteiger partial charge on any atom is -0.426 e. The fraction of sp³-hybridized carbons (Fsp3) is 0.0714. The highest BCUT2D eigenvalue weighted by molar-refractivity contribution is 5.94. The van der Waals surface area contributed by atoms with E-state index in [0.717, 1.165) is 16.3 Å². The van der Waals surface area contributed by atoms with E-state index in [2.05, 4.69) is 5.92 Å². The lowest BCUT2D eigenvalue weighted by Gasteiger charge is -2.06. The van der Waals surface area contributed by atoms with Crippen molar-refractivity contribution in [2.45, 2.75) is 6.92 Å². The molecule has 16 heavy (non-hydrogen) atoms. The van der Waals surface area contributed by atoms with Crippen molar-refractivity contribution in [3.63, 3.8) is 0 Å². The maximum Gasteiger partial charge on any atom is 0.308 e. The van der Waals surface area contributed by atoms with E-state index in [9.17, 15) is 4.79 Å². The lowest BCUT2D eigenvalue weighted by atomic mass is 10.0. The molecule has 0 radical (unpaired) electrons. The van der Waals surface area contributed by atoms with Gasteiger partial charge in [0.1, 0.15) is 5.75 Å². The number of carbonyl (C=O) groups is 1. The van der Waals surface area contributed by atoms with Crippen molar-refractivity contribution in [2.75, 3.05) is 0 Å². The zero-order chi connectivity index (χ0) is 11.5. The molecule has 0 aliphatic heterocycles. The largest absolute Gasteiger partial charge is 0.426 e. The van der Waals surface area contributed by atoms with Crippen LogP contribution in [0.15, 0.2) is 36.4 Å². The Kier molecular flexibility index (Phi) is 2.61. The molecule has 2 aromatic carbocycles. The molecule has 2 rings (SSSR count). The summed E-state index contributed by atoms with van der Waals surface area (Å²) in [6.45, 7) is 1.38. The second kappa shape index (κ2) is 4.08. The number of hydrogen-bond acceptors (Lipinski definition) is 2. The Morgan fingerprint density at radius 2 is 1.88 bits per heavy atom. The summed E-state index contributed by atoms with van der Waals surface area (Å²) in [5.41, 5.74) is 0.798. The van der Waals surface area contributed by atoms with Gasteiger partial charge >= 0.3 is 5.97 Å². The van der Waals surface area contributed by atoms with Crippen LogP contribution in [0.4, 0.5) is 0 Å². The van der Waals surface area contributed by atoms with Gasteiger partial charge in [-0.25, -0.2) is 0 Å². The highest BCUT2D eigenvalue weighted by atomic mass is 16.5. The molecule has 0 aromatic heterocycles. The van der Waals surface area contributed by atoms with Crippen LogP contribution < -0.4 is 4.74 Å². The molecule has 0 amide bonds. The number of hydrogen-bond donors (Lipinski definition) is 0. The van der Waals surface area contributed by atoms with Gasteiger partial charge in [-0.1, -0.05) is 30.2 Å². The Hall–Kier alpha value is -2.27. The van der Waals surface area contributed by atoms with Crippen LogP contribution in [0.5, 0.6) is 5.75 Å². The molecule has 2 nitrogen and oxygen atoms in total. The molecular weight excluding hydrogens is 200 g/mol. The van der Waals surface area contributed by atoms with Gasteiger partial charge in [0.25, 0.3) is 0 Å². The van der Waals surface area contributed by atoms with Crippen LogP contribution in [-0.2, 0) is 4.79 Å². The first kappa shape index (κ1) is 10.3. The van der Waals surface area contributed by atoms with E-state index in [1.165, 1.54) is 6.92 Å². The van der Waals surface area contributed by atoms with E-state index < -0.39 is 0 Å². The Bertz CT molecular complexity index is 591. The second-order valence-corrected chi connectivity index (χ2v) is 3.39. The van der Waals surface area contributed by atoms with Crippen LogP contribution in [0, 0.1) is 12.3 Å². The molecule has 78 valence electrons. The fourth-order valence-electron chi connectivity index (χ4n) is 1.65. The van der Waals surface area contributed by atoms with Gasteiger partial charge in [0, 0.05) is 23.3 Å². The summed E-state index contributed by atoms with van der Waals surface area (Å²) in [5, 5.41) is 1.77. The molecule has 2 aromatic rings. The first-order valence-corrected chi connectivity index (χ1v) is 4.89. The van der Waals surface area contributed by atoms with Crippen LogP contribution >= 0.6 is 0 Å². The third-order valence-corrected chi connectivity index (χ3v) is 2.29. The summed E-state index contributed by atoms with van der Waals surface area (Å²) in [5.74, 6) is 2.82. The summed E-state index contributed by atoms with van der Waals surface area (Å²) < 4.78 is 5.12. The number of esters is 1. The van der Waals surface area contributed by atoms with Gasteiger partial charge in [0.15, 0.2) is 0 Å². The fourth-order valence-corrected chi connectivity index (χ4v) is 1.65. The molecule has 0 bridgehead atoms. The van der Waals surface area contributed by atoms with Gasteiger partial charge in [-0.2, -0.15) is 0 Å². The molecule has 0 aliphatic carbocycles. The monoisotopic (exact) mass is 210 g/mol. The third kappa shape index (κ3) is 1.76. The minimum atomic E-state index is -0.335. The molecule has 0 fully saturated rings. The van der Waals surface area contributed by atoms with Gasteiger partial charge in [0.05, 0.1) is 0 Å². The van der Waals surface area contributed by atoms with E-state index >= 15 is 0 Å². The van der Waals surface area contributed by atoms with Crippen LogP contribution in [0.25, 0.3) is 10.8 Å². The van der Waals surface area contributed by atoms with E-state index in [4.69, 9.17) is 11.2 Å². The average molecular weight is 210 g/mol. The quantitative estimate of drug-likeness (QED) is 0.411. The lowest BCUT2D eigenvalue weighted by Crippen LogP contribution is -2.01. The van der Waals surface area contributed by atoms with E-state index in [-0.39, 0.29) is 5.97 Å². The molecule has 0 unspecified atom stereocenters. The summed E-state index contributed by atoms with van der Waals surface area (Å²) in [4.78, 5) is 10.9. The maximum atomic E-state index is 10.9. The van der Waals surface area contributed by atoms with E-state index in [1.807, 2.05) is 30.3 Å². The smallest absolute Gasteiger partial charge is 0.308 e. The molecule has 2 heteroatoms. The molecule has 0 saturated carbocycles. The number of ether oxygens (including phenoxy) is 1. The molecular formula is C14H10O2. The van der Waals surface area contributed by atoms with Crippen molar-refractivity contribution < 1.29 is 9.53 Å². The zero-order valence-corrected chi connectivity index (χ0v) is 8.86. The average Bonchev–Trinajstić information content (AvgIpc) is 2.28. The Labute approximate surface area is 93.8 Å².